The second-order valence-electron chi connectivity index (χ2n) is 5.56. The summed E-state index contributed by atoms with van der Waals surface area (Å²) < 4.78 is 0. The van der Waals surface area contributed by atoms with E-state index in [1.54, 1.807) is 0 Å². The van der Waals surface area contributed by atoms with Gasteiger partial charge in [-0.25, -0.2) is 0 Å². The van der Waals surface area contributed by atoms with E-state index in [2.05, 4.69) is 20.4 Å². The van der Waals surface area contributed by atoms with E-state index in [0.717, 1.165) is 25.4 Å². The number of hydrogen-bond acceptors (Lipinski definition) is 2. The molecule has 0 N–H and O–H groups in total. The maximum atomic E-state index is 10.8. The Morgan fingerprint density at radius 2 is 2.18 bits per heavy atom. The van der Waals surface area contributed by atoms with Crippen LogP contribution in [0.4, 0.5) is 0 Å². The summed E-state index contributed by atoms with van der Waals surface area (Å²) in [5, 5.41) is 0. The van der Waals surface area contributed by atoms with Gasteiger partial charge in [0.05, 0.1) is 0 Å². The minimum atomic E-state index is 0.225. The van der Waals surface area contributed by atoms with Crippen LogP contribution in [0.5, 0.6) is 0 Å². The van der Waals surface area contributed by atoms with Crippen molar-refractivity contribution in [2.45, 2.75) is 46.0 Å². The fourth-order valence-corrected chi connectivity index (χ4v) is 2.70. The summed E-state index contributed by atoms with van der Waals surface area (Å²) in [6.07, 6.45) is 8.02. The first kappa shape index (κ1) is 13.9. The first-order valence-electron chi connectivity index (χ1n) is 6.27. The lowest BCUT2D eigenvalue weighted by Gasteiger charge is -2.40. The second-order valence-corrected chi connectivity index (χ2v) is 5.56. The van der Waals surface area contributed by atoms with Crippen LogP contribution in [0.25, 0.3) is 0 Å². The van der Waals surface area contributed by atoms with Crippen molar-refractivity contribution in [3.05, 3.63) is 23.8 Å². The molecular formula is C15H22O2. The number of carbonyl (C=O) groups is 2. The smallest absolute Gasteiger partial charge is 0.146 e. The Morgan fingerprint density at radius 3 is 2.71 bits per heavy atom. The van der Waals surface area contributed by atoms with Gasteiger partial charge in [0.2, 0.25) is 0 Å². The number of carbonyl (C=O) groups excluding carboxylic acids is 2. The highest BCUT2D eigenvalue weighted by atomic mass is 16.1. The Morgan fingerprint density at radius 1 is 1.47 bits per heavy atom. The van der Waals surface area contributed by atoms with Crippen LogP contribution in [0, 0.1) is 11.3 Å². The average Bonchev–Trinajstić information content (AvgIpc) is 2.26. The Balaban J connectivity index is 2.73. The summed E-state index contributed by atoms with van der Waals surface area (Å²) in [6.45, 7) is 8.67. The fraction of sp³-hybridized carbons (Fsp3) is 0.600. The molecule has 2 heteroatoms. The van der Waals surface area contributed by atoms with Gasteiger partial charge >= 0.3 is 0 Å². The number of hydrogen-bond donors (Lipinski definition) is 0. The molecule has 94 valence electrons. The molecule has 0 aromatic carbocycles. The number of aldehydes is 2. The van der Waals surface area contributed by atoms with Crippen LogP contribution in [-0.2, 0) is 9.59 Å². The predicted molar refractivity (Wildman–Crippen MR) is 69.7 cm³/mol. The maximum Gasteiger partial charge on any atom is 0.146 e. The molecule has 1 fully saturated rings. The van der Waals surface area contributed by atoms with Crippen LogP contribution in [-0.4, -0.2) is 12.6 Å². The van der Waals surface area contributed by atoms with Gasteiger partial charge in [-0.3, -0.25) is 4.79 Å². The van der Waals surface area contributed by atoms with Crippen LogP contribution in [0.3, 0.4) is 0 Å². The average molecular weight is 234 g/mol. The van der Waals surface area contributed by atoms with Gasteiger partial charge in [-0.2, -0.15) is 0 Å². The molecule has 1 unspecified atom stereocenters. The zero-order valence-corrected chi connectivity index (χ0v) is 10.9. The molecule has 0 spiro atoms. The molecule has 1 atom stereocenters. The molecule has 1 saturated carbocycles. The molecular weight excluding hydrogens is 212 g/mol. The molecule has 0 bridgehead atoms. The normalized spacial score (nSPS) is 24.5. The van der Waals surface area contributed by atoms with Crippen molar-refractivity contribution in [2.24, 2.45) is 11.3 Å². The van der Waals surface area contributed by atoms with Crippen molar-refractivity contribution in [2.75, 3.05) is 0 Å². The summed E-state index contributed by atoms with van der Waals surface area (Å²) in [4.78, 5) is 21.2. The van der Waals surface area contributed by atoms with Gasteiger partial charge in [0, 0.05) is 6.42 Å². The Hall–Kier alpha value is -1.18. The maximum absolute atomic E-state index is 10.8. The van der Waals surface area contributed by atoms with Crippen LogP contribution < -0.4 is 0 Å². The number of rotatable bonds is 5. The topological polar surface area (TPSA) is 34.1 Å². The van der Waals surface area contributed by atoms with Crippen molar-refractivity contribution in [1.29, 1.82) is 0 Å². The van der Waals surface area contributed by atoms with Crippen molar-refractivity contribution in [1.82, 2.24) is 0 Å². The van der Waals surface area contributed by atoms with Gasteiger partial charge in [0.25, 0.3) is 0 Å². The molecule has 1 rings (SSSR count). The van der Waals surface area contributed by atoms with E-state index in [-0.39, 0.29) is 11.8 Å². The Kier molecular flexibility index (Phi) is 4.86. The third kappa shape index (κ3) is 3.65. The van der Waals surface area contributed by atoms with Crippen molar-refractivity contribution in [3.8, 4) is 0 Å². The van der Waals surface area contributed by atoms with E-state index in [9.17, 15) is 9.59 Å². The Bertz CT molecular complexity index is 337. The summed E-state index contributed by atoms with van der Waals surface area (Å²) in [5.41, 5.74) is 2.13. The highest BCUT2D eigenvalue weighted by molar-refractivity contribution is 5.78. The molecule has 0 aromatic heterocycles. The predicted octanol–water partition coefficient (Wildman–Crippen LogP) is 3.47. The third-order valence-electron chi connectivity index (χ3n) is 3.84. The minimum absolute atomic E-state index is 0.225. The number of allylic oxidation sites excluding steroid dienone is 3. The van der Waals surface area contributed by atoms with Crippen LogP contribution in [0.2, 0.25) is 0 Å². The zero-order chi connectivity index (χ0) is 12.9. The standard InChI is InChI=1S/C15H22O2/c1-12-5-4-9-15(2,3)14(12)7-6-13(11-17)8-10-16/h6,10-11,14H,1,4-5,7-9H2,2-3H3. The molecule has 0 heterocycles. The first-order valence-corrected chi connectivity index (χ1v) is 6.27. The van der Waals surface area contributed by atoms with Crippen LogP contribution in [0.15, 0.2) is 23.8 Å². The Labute approximate surface area is 104 Å². The lowest BCUT2D eigenvalue weighted by atomic mass is 9.65. The third-order valence-corrected chi connectivity index (χ3v) is 3.84. The summed E-state index contributed by atoms with van der Waals surface area (Å²) in [7, 11) is 0. The lowest BCUT2D eigenvalue weighted by molar-refractivity contribution is -0.109. The van der Waals surface area contributed by atoms with Crippen molar-refractivity contribution in [3.63, 3.8) is 0 Å². The molecule has 0 aliphatic heterocycles. The fourth-order valence-electron chi connectivity index (χ4n) is 2.70. The largest absolute Gasteiger partial charge is 0.303 e. The quantitative estimate of drug-likeness (QED) is 0.414. The highest BCUT2D eigenvalue weighted by Gasteiger charge is 2.33. The van der Waals surface area contributed by atoms with E-state index in [1.165, 1.54) is 18.4 Å². The molecule has 1 aliphatic rings. The van der Waals surface area contributed by atoms with Crippen LogP contribution >= 0.6 is 0 Å². The van der Waals surface area contributed by atoms with Crippen LogP contribution in [0.1, 0.15) is 46.0 Å². The van der Waals surface area contributed by atoms with Gasteiger partial charge in [0.1, 0.15) is 12.6 Å². The van der Waals surface area contributed by atoms with Gasteiger partial charge in [-0.1, -0.05) is 32.1 Å². The summed E-state index contributed by atoms with van der Waals surface area (Å²) in [6, 6.07) is 0. The van der Waals surface area contributed by atoms with E-state index < -0.39 is 0 Å². The zero-order valence-electron chi connectivity index (χ0n) is 10.9. The van der Waals surface area contributed by atoms with E-state index in [1.807, 2.05) is 6.08 Å². The molecule has 2 nitrogen and oxygen atoms in total. The molecule has 0 aromatic rings. The second kappa shape index (κ2) is 5.95. The van der Waals surface area contributed by atoms with Crippen molar-refractivity contribution < 1.29 is 9.59 Å². The van der Waals surface area contributed by atoms with Gasteiger partial charge < -0.3 is 4.79 Å². The van der Waals surface area contributed by atoms with E-state index in [0.29, 0.717) is 11.5 Å². The highest BCUT2D eigenvalue weighted by Crippen LogP contribution is 2.45. The summed E-state index contributed by atoms with van der Waals surface area (Å²) >= 11 is 0. The molecule has 1 aliphatic carbocycles. The van der Waals surface area contributed by atoms with Gasteiger partial charge in [0.15, 0.2) is 0 Å². The molecule has 0 amide bonds. The first-order chi connectivity index (χ1) is 8.01. The molecule has 0 radical (unpaired) electrons. The van der Waals surface area contributed by atoms with Gasteiger partial charge in [-0.15, -0.1) is 0 Å². The van der Waals surface area contributed by atoms with Gasteiger partial charge in [-0.05, 0) is 42.6 Å². The monoisotopic (exact) mass is 234 g/mol. The van der Waals surface area contributed by atoms with E-state index >= 15 is 0 Å². The lowest BCUT2D eigenvalue weighted by Crippen LogP contribution is -2.29. The molecule has 17 heavy (non-hydrogen) atoms. The SMILES string of the molecule is C=C1CCCC(C)(C)C1CC=C(C=O)CC=O. The van der Waals surface area contributed by atoms with E-state index in [4.69, 9.17) is 0 Å². The summed E-state index contributed by atoms with van der Waals surface area (Å²) in [5.74, 6) is 0.429. The minimum Gasteiger partial charge on any atom is -0.303 e. The van der Waals surface area contributed by atoms with Crippen molar-refractivity contribution >= 4 is 12.6 Å². The molecule has 0 saturated heterocycles.